The third-order valence-electron chi connectivity index (χ3n) is 5.29. The Labute approximate surface area is 200 Å². The minimum Gasteiger partial charge on any atom is -0.377 e. The van der Waals surface area contributed by atoms with E-state index in [0.717, 1.165) is 22.1 Å². The fraction of sp³-hybridized carbons (Fsp3) is 0.167. The Hall–Kier alpha value is -3.18. The van der Waals surface area contributed by atoms with E-state index in [-0.39, 0.29) is 9.79 Å². The van der Waals surface area contributed by atoms with Crippen LogP contribution in [0.1, 0.15) is 0 Å². The van der Waals surface area contributed by atoms with E-state index in [1.165, 1.54) is 12.1 Å². The van der Waals surface area contributed by atoms with Gasteiger partial charge in [0.05, 0.1) is 9.79 Å². The highest BCUT2D eigenvalue weighted by atomic mass is 32.2. The van der Waals surface area contributed by atoms with Crippen LogP contribution in [0.2, 0.25) is 0 Å². The number of rotatable bonds is 4. The molecule has 0 spiro atoms. The van der Waals surface area contributed by atoms with E-state index in [2.05, 4.69) is 0 Å². The van der Waals surface area contributed by atoms with Crippen LogP contribution >= 0.6 is 0 Å². The van der Waals surface area contributed by atoms with Crippen molar-refractivity contribution in [2.75, 3.05) is 38.0 Å². The van der Waals surface area contributed by atoms with Crippen molar-refractivity contribution >= 4 is 53.0 Å². The van der Waals surface area contributed by atoms with Gasteiger partial charge in [-0.05, 0) is 24.3 Å². The van der Waals surface area contributed by atoms with Crippen molar-refractivity contribution in [2.45, 2.75) is 9.79 Å². The molecule has 34 heavy (non-hydrogen) atoms. The van der Waals surface area contributed by atoms with Crippen LogP contribution in [0.25, 0.3) is 21.5 Å². The van der Waals surface area contributed by atoms with Crippen LogP contribution in [-0.2, 0) is 20.0 Å². The van der Waals surface area contributed by atoms with Crippen LogP contribution < -0.4 is 20.1 Å². The molecule has 0 fully saturated rings. The van der Waals surface area contributed by atoms with Gasteiger partial charge in [-0.3, -0.25) is 0 Å². The molecular weight excluding hydrogens is 472 g/mol. The SMILES string of the molecule is CN(C)c1cccc2c(S(N)(=O)=O)cccc12.CN(C)c1cccc2c(S(N)(=O)=O)cccc12. The van der Waals surface area contributed by atoms with Crippen LogP contribution in [0, 0.1) is 0 Å². The molecule has 0 aromatic heterocycles. The predicted octanol–water partition coefficient (Wildman–Crippen LogP) is 3.11. The highest BCUT2D eigenvalue weighted by Gasteiger charge is 2.14. The van der Waals surface area contributed by atoms with Gasteiger partial charge in [0.15, 0.2) is 0 Å². The molecule has 0 aliphatic heterocycles. The maximum Gasteiger partial charge on any atom is 0.238 e. The van der Waals surface area contributed by atoms with Gasteiger partial charge in [0.25, 0.3) is 0 Å². The van der Waals surface area contributed by atoms with Crippen molar-refractivity contribution in [1.29, 1.82) is 0 Å². The first-order chi connectivity index (χ1) is 15.8. The molecule has 0 aliphatic rings. The minimum absolute atomic E-state index is 0.165. The Morgan fingerprint density at radius 3 is 1.09 bits per heavy atom. The summed E-state index contributed by atoms with van der Waals surface area (Å²) in [5.41, 5.74) is 1.93. The number of hydrogen-bond donors (Lipinski definition) is 2. The van der Waals surface area contributed by atoms with Gasteiger partial charge in [-0.1, -0.05) is 48.5 Å². The molecule has 4 aromatic carbocycles. The monoisotopic (exact) mass is 500 g/mol. The average molecular weight is 501 g/mol. The number of fused-ring (bicyclic) bond motifs is 2. The second-order valence-electron chi connectivity index (χ2n) is 8.14. The zero-order valence-corrected chi connectivity index (χ0v) is 21.1. The molecule has 0 heterocycles. The zero-order chi connectivity index (χ0) is 25.3. The van der Waals surface area contributed by atoms with Gasteiger partial charge in [0, 0.05) is 61.1 Å². The lowest BCUT2D eigenvalue weighted by Crippen LogP contribution is -2.13. The number of nitrogens with two attached hydrogens (primary N) is 2. The van der Waals surface area contributed by atoms with Crippen LogP contribution in [0.15, 0.2) is 82.6 Å². The van der Waals surface area contributed by atoms with E-state index >= 15 is 0 Å². The molecule has 180 valence electrons. The minimum atomic E-state index is -3.69. The summed E-state index contributed by atoms with van der Waals surface area (Å²) in [5.74, 6) is 0. The number of benzene rings is 4. The Balaban J connectivity index is 0.000000191. The highest BCUT2D eigenvalue weighted by molar-refractivity contribution is 7.89. The Kier molecular flexibility index (Phi) is 7.18. The molecule has 0 aliphatic carbocycles. The highest BCUT2D eigenvalue weighted by Crippen LogP contribution is 2.30. The van der Waals surface area contributed by atoms with E-state index in [4.69, 9.17) is 10.3 Å². The number of nitrogens with zero attached hydrogens (tertiary/aromatic N) is 2. The molecular formula is C24H28N4O4S2. The molecule has 4 rings (SSSR count). The second kappa shape index (κ2) is 9.59. The van der Waals surface area contributed by atoms with Crippen molar-refractivity contribution in [3.05, 3.63) is 72.8 Å². The number of sulfonamides is 2. The van der Waals surface area contributed by atoms with Gasteiger partial charge in [0.2, 0.25) is 20.0 Å². The van der Waals surface area contributed by atoms with Gasteiger partial charge in [-0.2, -0.15) is 0 Å². The molecule has 4 aromatic rings. The molecule has 0 amide bonds. The van der Waals surface area contributed by atoms with Gasteiger partial charge < -0.3 is 9.80 Å². The first-order valence-corrected chi connectivity index (χ1v) is 13.4. The fourth-order valence-corrected chi connectivity index (χ4v) is 5.31. The third kappa shape index (κ3) is 5.31. The van der Waals surface area contributed by atoms with E-state index in [9.17, 15) is 16.8 Å². The molecule has 0 radical (unpaired) electrons. The summed E-state index contributed by atoms with van der Waals surface area (Å²) in [5, 5.41) is 13.5. The summed E-state index contributed by atoms with van der Waals surface area (Å²) in [6.45, 7) is 0. The molecule has 0 saturated heterocycles. The standard InChI is InChI=1S/2C12H14N2O2S/c2*1-14(2)11-7-3-6-10-9(11)5-4-8-12(10)17(13,15)16/h2*3-8H,1-2H3,(H2,13,15,16). The molecule has 0 atom stereocenters. The molecule has 0 bridgehead atoms. The summed E-state index contributed by atoms with van der Waals surface area (Å²) in [6, 6.07) is 21.3. The summed E-state index contributed by atoms with van der Waals surface area (Å²) in [6.07, 6.45) is 0. The van der Waals surface area contributed by atoms with Crippen molar-refractivity contribution in [1.82, 2.24) is 0 Å². The maximum atomic E-state index is 11.5. The molecule has 10 heteroatoms. The lowest BCUT2D eigenvalue weighted by atomic mass is 10.1. The Morgan fingerprint density at radius 1 is 0.500 bits per heavy atom. The second-order valence-corrected chi connectivity index (χ2v) is 11.2. The van der Waals surface area contributed by atoms with Crippen molar-refractivity contribution < 1.29 is 16.8 Å². The first-order valence-electron chi connectivity index (χ1n) is 10.3. The number of anilines is 2. The van der Waals surface area contributed by atoms with Gasteiger partial charge in [0.1, 0.15) is 0 Å². The maximum absolute atomic E-state index is 11.5. The largest absolute Gasteiger partial charge is 0.377 e. The van der Waals surface area contributed by atoms with Crippen molar-refractivity contribution in [3.63, 3.8) is 0 Å². The Morgan fingerprint density at radius 2 is 0.794 bits per heavy atom. The summed E-state index contributed by atoms with van der Waals surface area (Å²) in [7, 11) is 0.279. The van der Waals surface area contributed by atoms with Crippen LogP contribution in [0.3, 0.4) is 0 Å². The van der Waals surface area contributed by atoms with Gasteiger partial charge >= 0.3 is 0 Å². The molecule has 0 saturated carbocycles. The van der Waals surface area contributed by atoms with E-state index in [0.29, 0.717) is 10.8 Å². The van der Waals surface area contributed by atoms with Crippen molar-refractivity contribution in [3.8, 4) is 0 Å². The van der Waals surface area contributed by atoms with Crippen LogP contribution in [-0.4, -0.2) is 45.0 Å². The Bertz CT molecular complexity index is 1450. The molecule has 8 nitrogen and oxygen atoms in total. The fourth-order valence-electron chi connectivity index (χ4n) is 3.81. The average Bonchev–Trinajstić information content (AvgIpc) is 2.76. The normalized spacial score (nSPS) is 11.7. The summed E-state index contributed by atoms with van der Waals surface area (Å²) in [4.78, 5) is 4.21. The van der Waals surface area contributed by atoms with Gasteiger partial charge in [-0.25, -0.2) is 27.1 Å². The lowest BCUT2D eigenvalue weighted by Gasteiger charge is -2.16. The first kappa shape index (κ1) is 25.4. The molecule has 4 N–H and O–H groups in total. The third-order valence-corrected chi connectivity index (χ3v) is 7.23. The summed E-state index contributed by atoms with van der Waals surface area (Å²) >= 11 is 0. The van der Waals surface area contributed by atoms with E-state index in [1.807, 2.05) is 74.4 Å². The van der Waals surface area contributed by atoms with E-state index < -0.39 is 20.0 Å². The van der Waals surface area contributed by atoms with Crippen molar-refractivity contribution in [2.24, 2.45) is 10.3 Å². The van der Waals surface area contributed by atoms with Gasteiger partial charge in [-0.15, -0.1) is 0 Å². The molecule has 0 unspecified atom stereocenters. The number of hydrogen-bond acceptors (Lipinski definition) is 6. The van der Waals surface area contributed by atoms with Crippen LogP contribution in [0.5, 0.6) is 0 Å². The van der Waals surface area contributed by atoms with E-state index in [1.54, 1.807) is 24.3 Å². The topological polar surface area (TPSA) is 127 Å². The van der Waals surface area contributed by atoms with Crippen LogP contribution in [0.4, 0.5) is 11.4 Å². The lowest BCUT2D eigenvalue weighted by molar-refractivity contribution is 0.597. The quantitative estimate of drug-likeness (QED) is 0.443. The smallest absolute Gasteiger partial charge is 0.238 e. The predicted molar refractivity (Wildman–Crippen MR) is 139 cm³/mol. The zero-order valence-electron chi connectivity index (χ0n) is 19.4. The number of primary sulfonamides is 2. The summed E-state index contributed by atoms with van der Waals surface area (Å²) < 4.78 is 46.0.